The molecule has 0 bridgehead atoms. The van der Waals surface area contributed by atoms with Crippen LogP contribution in [0.4, 0.5) is 11.5 Å². The van der Waals surface area contributed by atoms with Crippen molar-refractivity contribution in [1.82, 2.24) is 9.97 Å². The minimum atomic E-state index is -0.723. The number of nitrogens with zero attached hydrogens (tertiary/aromatic N) is 3. The van der Waals surface area contributed by atoms with E-state index in [1.54, 1.807) is 0 Å². The van der Waals surface area contributed by atoms with Crippen molar-refractivity contribution in [3.8, 4) is 5.88 Å². The second kappa shape index (κ2) is 7.55. The molecule has 0 saturated heterocycles. The molecule has 8 nitrogen and oxygen atoms in total. The lowest BCUT2D eigenvalue weighted by molar-refractivity contribution is -0.138. The number of aliphatic carboxylic acids is 1. The number of rotatable bonds is 4. The van der Waals surface area contributed by atoms with E-state index in [9.17, 15) is 4.79 Å². The number of carboxylic acid groups (broad SMARTS) is 1. The average Bonchev–Trinajstić information content (AvgIpc) is 2.68. The van der Waals surface area contributed by atoms with E-state index in [-0.39, 0.29) is 12.2 Å². The van der Waals surface area contributed by atoms with Gasteiger partial charge in [0.15, 0.2) is 17.7 Å². The molecular formula is C20H23N5O3. The number of hydrogen-bond acceptors (Lipinski definition) is 7. The molecule has 28 heavy (non-hydrogen) atoms. The van der Waals surface area contributed by atoms with Crippen molar-refractivity contribution < 1.29 is 14.6 Å². The van der Waals surface area contributed by atoms with E-state index in [4.69, 9.17) is 21.3 Å². The zero-order chi connectivity index (χ0) is 19.7. The van der Waals surface area contributed by atoms with Gasteiger partial charge in [-0.3, -0.25) is 10.5 Å². The summed E-state index contributed by atoms with van der Waals surface area (Å²) >= 11 is 0. The van der Waals surface area contributed by atoms with Gasteiger partial charge in [0.1, 0.15) is 12.0 Å². The van der Waals surface area contributed by atoms with Gasteiger partial charge in [-0.1, -0.05) is 24.3 Å². The summed E-state index contributed by atoms with van der Waals surface area (Å²) in [6.07, 6.45) is 4.82. The molecule has 1 aromatic heterocycles. The van der Waals surface area contributed by atoms with E-state index in [0.29, 0.717) is 29.1 Å². The summed E-state index contributed by atoms with van der Waals surface area (Å²) in [6, 6.07) is 8.16. The zero-order valence-corrected chi connectivity index (χ0v) is 15.4. The van der Waals surface area contributed by atoms with Crippen molar-refractivity contribution in [3.63, 3.8) is 0 Å². The van der Waals surface area contributed by atoms with Crippen LogP contribution in [0.15, 0.2) is 35.6 Å². The second-order valence-corrected chi connectivity index (χ2v) is 7.39. The van der Waals surface area contributed by atoms with E-state index in [2.05, 4.69) is 27.1 Å². The lowest BCUT2D eigenvalue weighted by atomic mass is 9.77. The number of nitrogen functional groups attached to an aromatic ring is 1. The monoisotopic (exact) mass is 381 g/mol. The van der Waals surface area contributed by atoms with Crippen LogP contribution in [0.2, 0.25) is 0 Å². The summed E-state index contributed by atoms with van der Waals surface area (Å²) < 4.78 is 5.64. The zero-order valence-electron chi connectivity index (χ0n) is 15.4. The van der Waals surface area contributed by atoms with Crippen LogP contribution in [-0.2, 0) is 4.79 Å². The van der Waals surface area contributed by atoms with Crippen LogP contribution in [0.3, 0.4) is 0 Å². The van der Waals surface area contributed by atoms with Gasteiger partial charge in [-0.2, -0.15) is 4.98 Å². The molecule has 0 radical (unpaired) electrons. The first-order valence-corrected chi connectivity index (χ1v) is 9.44. The van der Waals surface area contributed by atoms with E-state index >= 15 is 0 Å². The lowest BCUT2D eigenvalue weighted by Crippen LogP contribution is -2.39. The lowest BCUT2D eigenvalue weighted by Gasteiger charge is -2.28. The molecule has 4 rings (SSSR count). The van der Waals surface area contributed by atoms with Crippen LogP contribution in [0.5, 0.6) is 5.88 Å². The normalized spacial score (nSPS) is 24.0. The number of nitrogens with two attached hydrogens (primary N) is 2. The Kier molecular flexibility index (Phi) is 4.95. The van der Waals surface area contributed by atoms with E-state index in [1.165, 1.54) is 11.9 Å². The van der Waals surface area contributed by atoms with Crippen LogP contribution in [0.25, 0.3) is 0 Å². The van der Waals surface area contributed by atoms with Gasteiger partial charge in [0.25, 0.3) is 0 Å². The third-order valence-electron chi connectivity index (χ3n) is 5.55. The number of anilines is 1. The number of benzene rings is 1. The fourth-order valence-electron chi connectivity index (χ4n) is 4.03. The summed E-state index contributed by atoms with van der Waals surface area (Å²) in [5.41, 5.74) is 15.1. The first kappa shape index (κ1) is 18.4. The molecule has 1 aliphatic heterocycles. The average molecular weight is 381 g/mol. The smallest absolute Gasteiger partial charge is 0.303 e. The molecule has 2 heterocycles. The third kappa shape index (κ3) is 3.68. The van der Waals surface area contributed by atoms with Crippen molar-refractivity contribution in [3.05, 3.63) is 41.7 Å². The first-order chi connectivity index (χ1) is 13.5. The highest BCUT2D eigenvalue weighted by molar-refractivity contribution is 6.06. The SMILES string of the molecule is Nc1ncnc2c1N=C(c1ccc(C3CCC(CC(=O)O)CC3)cc1)C(N)O2. The summed E-state index contributed by atoms with van der Waals surface area (Å²) in [5.74, 6) is 0.601. The molecule has 2 aliphatic rings. The molecule has 5 N–H and O–H groups in total. The van der Waals surface area contributed by atoms with Crippen molar-refractivity contribution in [2.45, 2.75) is 44.2 Å². The minimum absolute atomic E-state index is 0.254. The first-order valence-electron chi connectivity index (χ1n) is 9.44. The molecule has 0 amide bonds. The molecule has 0 spiro atoms. The number of aromatic nitrogens is 2. The van der Waals surface area contributed by atoms with Gasteiger partial charge < -0.3 is 15.6 Å². The maximum absolute atomic E-state index is 10.9. The third-order valence-corrected chi connectivity index (χ3v) is 5.55. The topological polar surface area (TPSA) is 137 Å². The van der Waals surface area contributed by atoms with Gasteiger partial charge in [0, 0.05) is 12.0 Å². The second-order valence-electron chi connectivity index (χ2n) is 7.39. The van der Waals surface area contributed by atoms with Crippen molar-refractivity contribution >= 4 is 23.2 Å². The van der Waals surface area contributed by atoms with Crippen LogP contribution in [0, 0.1) is 5.92 Å². The van der Waals surface area contributed by atoms with Crippen LogP contribution in [-0.4, -0.2) is 33.0 Å². The minimum Gasteiger partial charge on any atom is -0.481 e. The van der Waals surface area contributed by atoms with Gasteiger partial charge >= 0.3 is 5.97 Å². The quantitative estimate of drug-likeness (QED) is 0.740. The fourth-order valence-corrected chi connectivity index (χ4v) is 4.03. The Hall–Kier alpha value is -3.00. The Morgan fingerprint density at radius 3 is 2.54 bits per heavy atom. The molecule has 1 atom stereocenters. The summed E-state index contributed by atoms with van der Waals surface area (Å²) in [7, 11) is 0. The number of ether oxygens (including phenoxy) is 1. The molecule has 1 aromatic carbocycles. The summed E-state index contributed by atoms with van der Waals surface area (Å²) in [6.45, 7) is 0. The van der Waals surface area contributed by atoms with Crippen LogP contribution in [0.1, 0.15) is 49.1 Å². The van der Waals surface area contributed by atoms with Crippen molar-refractivity contribution in [1.29, 1.82) is 0 Å². The molecule has 2 aromatic rings. The molecule has 1 unspecified atom stereocenters. The number of carboxylic acids is 1. The Bertz CT molecular complexity index is 905. The number of carbonyl (C=O) groups is 1. The highest BCUT2D eigenvalue weighted by Crippen LogP contribution is 2.38. The molecule has 1 aliphatic carbocycles. The number of aliphatic imine (C=N–C) groups is 1. The largest absolute Gasteiger partial charge is 0.481 e. The summed E-state index contributed by atoms with van der Waals surface area (Å²) in [5, 5.41) is 8.96. The Labute approximate surface area is 162 Å². The Balaban J connectivity index is 1.50. The van der Waals surface area contributed by atoms with Crippen LogP contribution >= 0.6 is 0 Å². The maximum Gasteiger partial charge on any atom is 0.303 e. The molecule has 146 valence electrons. The molecular weight excluding hydrogens is 358 g/mol. The van der Waals surface area contributed by atoms with Crippen molar-refractivity contribution in [2.24, 2.45) is 16.6 Å². The molecule has 8 heteroatoms. The van der Waals surface area contributed by atoms with Crippen LogP contribution < -0.4 is 16.2 Å². The van der Waals surface area contributed by atoms with Gasteiger partial charge in [0.05, 0.1) is 0 Å². The predicted molar refractivity (Wildman–Crippen MR) is 105 cm³/mol. The fraction of sp³-hybridized carbons (Fsp3) is 0.400. The van der Waals surface area contributed by atoms with E-state index in [0.717, 1.165) is 31.2 Å². The van der Waals surface area contributed by atoms with Gasteiger partial charge in [-0.25, -0.2) is 9.98 Å². The highest BCUT2D eigenvalue weighted by Gasteiger charge is 2.27. The maximum atomic E-state index is 10.9. The predicted octanol–water partition coefficient (Wildman–Crippen LogP) is 2.61. The molecule has 1 saturated carbocycles. The Morgan fingerprint density at radius 2 is 1.86 bits per heavy atom. The number of fused-ring (bicyclic) bond motifs is 1. The van der Waals surface area contributed by atoms with Gasteiger partial charge in [-0.05, 0) is 43.1 Å². The van der Waals surface area contributed by atoms with Crippen molar-refractivity contribution in [2.75, 3.05) is 5.73 Å². The Morgan fingerprint density at radius 1 is 1.14 bits per heavy atom. The van der Waals surface area contributed by atoms with E-state index < -0.39 is 12.2 Å². The standard InChI is InChI=1S/C20H23N5O3/c21-18-17-20(24-10-23-18)28-19(22)16(25-17)14-7-5-13(6-8-14)12-3-1-11(2-4-12)9-15(26)27/h5-8,10-12,19H,1-4,9,22H2,(H,26,27)(H2,21,23,24). The van der Waals surface area contributed by atoms with E-state index in [1.807, 2.05) is 12.1 Å². The molecule has 1 fully saturated rings. The highest BCUT2D eigenvalue weighted by atomic mass is 16.5. The number of hydrogen-bond donors (Lipinski definition) is 3. The van der Waals surface area contributed by atoms with Gasteiger partial charge in [0.2, 0.25) is 5.88 Å². The van der Waals surface area contributed by atoms with Gasteiger partial charge in [-0.15, -0.1) is 0 Å². The summed E-state index contributed by atoms with van der Waals surface area (Å²) in [4.78, 5) is 23.4.